The predicted molar refractivity (Wildman–Crippen MR) is 199 cm³/mol. The number of piperidine rings is 1. The number of methoxy groups -OCH3 is 2. The Morgan fingerprint density at radius 1 is 0.981 bits per heavy atom. The lowest BCUT2D eigenvalue weighted by Crippen LogP contribution is -2.64. The molecule has 1 saturated carbocycles. The number of epoxide rings is 1. The van der Waals surface area contributed by atoms with Crippen LogP contribution >= 0.6 is 0 Å². The van der Waals surface area contributed by atoms with Crippen LogP contribution < -0.4 is 0 Å². The first-order chi connectivity index (χ1) is 25.2. The quantitative estimate of drug-likeness (QED) is 0.157. The molecule has 11 unspecified atom stereocenters. The first kappa shape index (κ1) is 41.7. The average Bonchev–Trinajstić information content (AvgIpc) is 3.92. The molecule has 1 aliphatic carbocycles. The fourth-order valence-electron chi connectivity index (χ4n) is 9.43. The standard InChI is InChI=1S/C42H65NO10/c1-9-30-19-24(2)18-25(3)20-35(49-7)38-36(50-8)22-28(6)42(48,53-38)39(45)40(46)43-17-11-10-12-31(43)41(47)52-37(26(4)13-15-32(30)44)27(5)21-29-14-16-33-34(23-29)51-33/h19,21,25-26,28-31,33-38,48H,9-18,20,22-23H2,1-8H3/b24-19+,27-21?/t25?,26?,28?,29?,30?,31?,33-,34+,35?,36?,37?,38?,42?/m1/s1. The molecule has 5 aliphatic rings. The Morgan fingerprint density at radius 3 is 2.38 bits per heavy atom. The zero-order valence-corrected chi connectivity index (χ0v) is 33.3. The van der Waals surface area contributed by atoms with Crippen LogP contribution in [-0.2, 0) is 42.9 Å². The fraction of sp³-hybridized carbons (Fsp3) is 0.810. The molecule has 2 bridgehead atoms. The van der Waals surface area contributed by atoms with Crippen LogP contribution in [-0.4, -0.2) is 103 Å². The van der Waals surface area contributed by atoms with Crippen molar-refractivity contribution in [1.29, 1.82) is 0 Å². The number of carbonyl (C=O) groups excluding carboxylic acids is 4. The van der Waals surface area contributed by atoms with Gasteiger partial charge in [-0.05, 0) is 108 Å². The molecule has 1 amide bonds. The van der Waals surface area contributed by atoms with Gasteiger partial charge in [-0.2, -0.15) is 0 Å². The molecule has 0 aromatic rings. The van der Waals surface area contributed by atoms with Crippen LogP contribution in [0.1, 0.15) is 119 Å². The summed E-state index contributed by atoms with van der Waals surface area (Å²) in [7, 11) is 3.12. The lowest BCUT2D eigenvalue weighted by Gasteiger charge is -2.47. The second kappa shape index (κ2) is 18.0. The lowest BCUT2D eigenvalue weighted by molar-refractivity contribution is -0.302. The SMILES string of the molecule is CCC1/C=C(\C)CC(C)CC(OC)C2OC(O)(C(=O)C(=O)N3CCCCC3C(=O)OC(C(C)=CC3CC[C@H]4O[C@H]4C3)C(C)CCC1=O)C(C)CC2OC. The number of amides is 1. The molecule has 11 nitrogen and oxygen atoms in total. The molecule has 0 aromatic heterocycles. The number of cyclic esters (lactones) is 1. The van der Waals surface area contributed by atoms with E-state index >= 15 is 0 Å². The number of allylic oxidation sites excluding steroid dienone is 3. The maximum absolute atomic E-state index is 14.2. The van der Waals surface area contributed by atoms with Crippen LogP contribution in [0.25, 0.3) is 0 Å². The number of aliphatic hydroxyl groups is 1. The van der Waals surface area contributed by atoms with Gasteiger partial charge in [0.1, 0.15) is 24.0 Å². The Balaban J connectivity index is 1.49. The Labute approximate surface area is 316 Å². The third-order valence-corrected chi connectivity index (χ3v) is 12.7. The number of ketones is 2. The van der Waals surface area contributed by atoms with Crippen molar-refractivity contribution in [3.8, 4) is 0 Å². The van der Waals surface area contributed by atoms with Crippen LogP contribution in [0.5, 0.6) is 0 Å². The second-order valence-corrected chi connectivity index (χ2v) is 16.9. The third kappa shape index (κ3) is 9.69. The lowest BCUT2D eigenvalue weighted by atomic mass is 9.82. The minimum atomic E-state index is -2.44. The molecule has 11 heteroatoms. The number of nitrogens with zero attached hydrogens (tertiary/aromatic N) is 1. The molecular formula is C42H65NO10. The Kier molecular flexibility index (Phi) is 14.2. The Hall–Kier alpha value is -2.44. The summed E-state index contributed by atoms with van der Waals surface area (Å²) in [6.45, 7) is 12.0. The van der Waals surface area contributed by atoms with Gasteiger partial charge in [0.25, 0.3) is 11.7 Å². The molecule has 53 heavy (non-hydrogen) atoms. The van der Waals surface area contributed by atoms with E-state index in [4.69, 9.17) is 23.7 Å². The Bertz CT molecular complexity index is 1390. The van der Waals surface area contributed by atoms with Crippen LogP contribution in [0.3, 0.4) is 0 Å². The van der Waals surface area contributed by atoms with E-state index in [0.29, 0.717) is 69.5 Å². The van der Waals surface area contributed by atoms with Crippen molar-refractivity contribution in [1.82, 2.24) is 4.90 Å². The molecule has 4 fully saturated rings. The number of ether oxygens (including phenoxy) is 5. The minimum absolute atomic E-state index is 0.109. The minimum Gasteiger partial charge on any atom is -0.456 e. The van der Waals surface area contributed by atoms with E-state index in [1.807, 2.05) is 27.7 Å². The summed E-state index contributed by atoms with van der Waals surface area (Å²) in [5.74, 6) is -5.66. The number of carbonyl (C=O) groups is 4. The summed E-state index contributed by atoms with van der Waals surface area (Å²) in [4.78, 5) is 57.5. The van der Waals surface area contributed by atoms with Gasteiger partial charge in [-0.15, -0.1) is 0 Å². The number of esters is 1. The van der Waals surface area contributed by atoms with Crippen LogP contribution in [0.2, 0.25) is 0 Å². The summed E-state index contributed by atoms with van der Waals surface area (Å²) in [5, 5.41) is 12.0. The summed E-state index contributed by atoms with van der Waals surface area (Å²) >= 11 is 0. The zero-order valence-electron chi connectivity index (χ0n) is 33.3. The maximum atomic E-state index is 14.2. The van der Waals surface area contributed by atoms with Gasteiger partial charge < -0.3 is 33.7 Å². The molecule has 0 aromatic carbocycles. The van der Waals surface area contributed by atoms with E-state index in [9.17, 15) is 24.3 Å². The molecule has 3 saturated heterocycles. The fourth-order valence-corrected chi connectivity index (χ4v) is 9.43. The van der Waals surface area contributed by atoms with Crippen molar-refractivity contribution in [3.63, 3.8) is 0 Å². The molecule has 4 aliphatic heterocycles. The predicted octanol–water partition coefficient (Wildman–Crippen LogP) is 5.89. The van der Waals surface area contributed by atoms with Gasteiger partial charge in [-0.25, -0.2) is 4.79 Å². The molecule has 4 heterocycles. The number of Topliss-reactive ketones (excluding diaryl/α,β-unsaturated/α-hetero) is 2. The summed E-state index contributed by atoms with van der Waals surface area (Å²) in [6, 6.07) is -0.996. The number of fused-ring (bicyclic) bond motifs is 4. The van der Waals surface area contributed by atoms with Crippen molar-refractivity contribution < 1.29 is 48.0 Å². The summed E-state index contributed by atoms with van der Waals surface area (Å²) in [5.41, 5.74) is 2.02. The van der Waals surface area contributed by atoms with Crippen molar-refractivity contribution in [3.05, 3.63) is 23.3 Å². The smallest absolute Gasteiger partial charge is 0.329 e. The number of hydrogen-bond acceptors (Lipinski definition) is 10. The molecule has 0 spiro atoms. The van der Waals surface area contributed by atoms with Crippen LogP contribution in [0.4, 0.5) is 0 Å². The van der Waals surface area contributed by atoms with E-state index in [1.54, 1.807) is 21.1 Å². The summed E-state index contributed by atoms with van der Waals surface area (Å²) in [6.07, 6.45) is 10.1. The van der Waals surface area contributed by atoms with E-state index in [2.05, 4.69) is 19.1 Å². The van der Waals surface area contributed by atoms with Gasteiger partial charge in [0.2, 0.25) is 5.79 Å². The topological polar surface area (TPSA) is 141 Å². The first-order valence-corrected chi connectivity index (χ1v) is 20.3. The van der Waals surface area contributed by atoms with Gasteiger partial charge in [0, 0.05) is 39.0 Å². The van der Waals surface area contributed by atoms with Crippen LogP contribution in [0.15, 0.2) is 23.3 Å². The highest BCUT2D eigenvalue weighted by Crippen LogP contribution is 2.41. The highest BCUT2D eigenvalue weighted by Gasteiger charge is 2.56. The maximum Gasteiger partial charge on any atom is 0.329 e. The van der Waals surface area contributed by atoms with Crippen molar-refractivity contribution in [2.45, 2.75) is 167 Å². The van der Waals surface area contributed by atoms with Crippen LogP contribution in [0, 0.1) is 29.6 Å². The van der Waals surface area contributed by atoms with E-state index in [1.165, 1.54) is 4.90 Å². The van der Waals surface area contributed by atoms with E-state index in [-0.39, 0.29) is 36.5 Å². The summed E-state index contributed by atoms with van der Waals surface area (Å²) < 4.78 is 30.1. The molecule has 13 atom stereocenters. The third-order valence-electron chi connectivity index (χ3n) is 12.7. The highest BCUT2D eigenvalue weighted by atomic mass is 16.7. The number of hydrogen-bond donors (Lipinski definition) is 1. The highest BCUT2D eigenvalue weighted by molar-refractivity contribution is 6.39. The largest absolute Gasteiger partial charge is 0.456 e. The molecular weight excluding hydrogens is 678 g/mol. The van der Waals surface area contributed by atoms with Crippen molar-refractivity contribution in [2.24, 2.45) is 29.6 Å². The normalized spacial score (nSPS) is 42.4. The van der Waals surface area contributed by atoms with Gasteiger partial charge in [-0.3, -0.25) is 14.4 Å². The molecule has 5 rings (SSSR count). The molecule has 298 valence electrons. The van der Waals surface area contributed by atoms with E-state index in [0.717, 1.165) is 30.4 Å². The number of rotatable bonds is 5. The van der Waals surface area contributed by atoms with Gasteiger partial charge in [0.05, 0.1) is 24.4 Å². The second-order valence-electron chi connectivity index (χ2n) is 16.9. The van der Waals surface area contributed by atoms with Crippen molar-refractivity contribution >= 4 is 23.4 Å². The van der Waals surface area contributed by atoms with Gasteiger partial charge in [0.15, 0.2) is 0 Å². The average molecular weight is 744 g/mol. The van der Waals surface area contributed by atoms with Crippen molar-refractivity contribution in [2.75, 3.05) is 20.8 Å². The Morgan fingerprint density at radius 2 is 1.70 bits per heavy atom. The zero-order chi connectivity index (χ0) is 38.6. The molecule has 0 radical (unpaired) electrons. The molecule has 1 N–H and O–H groups in total. The van der Waals surface area contributed by atoms with Gasteiger partial charge >= 0.3 is 5.97 Å². The monoisotopic (exact) mass is 743 g/mol. The first-order valence-electron chi connectivity index (χ1n) is 20.3. The van der Waals surface area contributed by atoms with E-state index < -0.39 is 59.8 Å². The van der Waals surface area contributed by atoms with Gasteiger partial charge in [-0.1, -0.05) is 45.4 Å².